The van der Waals surface area contributed by atoms with E-state index in [-0.39, 0.29) is 5.91 Å². The Bertz CT molecular complexity index is 834. The summed E-state index contributed by atoms with van der Waals surface area (Å²) in [5, 5.41) is 13.2. The minimum Gasteiger partial charge on any atom is -0.323 e. The van der Waals surface area contributed by atoms with Crippen LogP contribution in [0.15, 0.2) is 24.3 Å². The molecule has 1 amide bonds. The quantitative estimate of drug-likeness (QED) is 0.895. The molecular weight excluding hydrogens is 318 g/mol. The number of hydrogen-bond acceptors (Lipinski definition) is 3. The highest BCUT2D eigenvalue weighted by atomic mass is 32.1. The molecular formula is C19H20N3OS+. The van der Waals surface area contributed by atoms with Gasteiger partial charge in [-0.3, -0.25) is 4.79 Å². The molecule has 4 nitrogen and oxygen atoms in total. The molecule has 2 heterocycles. The number of nitriles is 1. The third-order valence-corrected chi connectivity index (χ3v) is 6.21. The van der Waals surface area contributed by atoms with Crippen LogP contribution in [0.1, 0.15) is 33.6 Å². The summed E-state index contributed by atoms with van der Waals surface area (Å²) in [5.41, 5.74) is 4.61. The molecule has 0 bridgehead atoms. The van der Waals surface area contributed by atoms with Crippen molar-refractivity contribution in [1.29, 1.82) is 5.26 Å². The summed E-state index contributed by atoms with van der Waals surface area (Å²) in [4.78, 5) is 15.0. The number of anilines is 1. The highest BCUT2D eigenvalue weighted by molar-refractivity contribution is 7.16. The van der Waals surface area contributed by atoms with Crippen LogP contribution in [0.25, 0.3) is 0 Å². The lowest BCUT2D eigenvalue weighted by Crippen LogP contribution is -3.12. The first-order chi connectivity index (χ1) is 11.7. The number of nitrogens with zero attached hydrogens (tertiary/aromatic N) is 1. The molecule has 0 saturated heterocycles. The normalized spacial score (nSPS) is 18.5. The zero-order valence-corrected chi connectivity index (χ0v) is 14.3. The summed E-state index contributed by atoms with van der Waals surface area (Å²) in [7, 11) is 0. The molecule has 0 spiro atoms. The highest BCUT2D eigenvalue weighted by Gasteiger charge is 2.25. The monoisotopic (exact) mass is 338 g/mol. The van der Waals surface area contributed by atoms with Gasteiger partial charge in [0.1, 0.15) is 17.6 Å². The second-order valence-corrected chi connectivity index (χ2v) is 7.70. The van der Waals surface area contributed by atoms with Gasteiger partial charge in [-0.15, -0.1) is 11.3 Å². The lowest BCUT2D eigenvalue weighted by Gasteiger charge is -2.25. The van der Waals surface area contributed by atoms with E-state index in [1.807, 2.05) is 0 Å². The minimum absolute atomic E-state index is 0.0146. The predicted molar refractivity (Wildman–Crippen MR) is 94.2 cm³/mol. The Labute approximate surface area is 145 Å². The van der Waals surface area contributed by atoms with Gasteiger partial charge in [-0.25, -0.2) is 0 Å². The molecule has 0 fully saturated rings. The van der Waals surface area contributed by atoms with Gasteiger partial charge in [0.05, 0.1) is 12.1 Å². The Morgan fingerprint density at radius 2 is 2.08 bits per heavy atom. The van der Waals surface area contributed by atoms with Crippen LogP contribution in [0.2, 0.25) is 0 Å². The van der Waals surface area contributed by atoms with Crippen LogP contribution in [-0.2, 0) is 30.6 Å². The highest BCUT2D eigenvalue weighted by Crippen LogP contribution is 2.38. The molecule has 0 saturated carbocycles. The SMILES string of the molecule is N#Cc1c(NC(=O)C[NH+]2CCc3ccccc3C2)sc2c1CCC2. The van der Waals surface area contributed by atoms with Crippen molar-refractivity contribution in [2.24, 2.45) is 0 Å². The van der Waals surface area contributed by atoms with E-state index in [0.29, 0.717) is 12.1 Å². The van der Waals surface area contributed by atoms with E-state index in [4.69, 9.17) is 0 Å². The number of quaternary nitrogens is 1. The zero-order valence-electron chi connectivity index (χ0n) is 13.5. The molecule has 122 valence electrons. The third-order valence-electron chi connectivity index (χ3n) is 5.00. The first kappa shape index (κ1) is 15.4. The number of benzene rings is 1. The Kier molecular flexibility index (Phi) is 4.09. The fourth-order valence-electron chi connectivity index (χ4n) is 3.80. The van der Waals surface area contributed by atoms with Crippen LogP contribution in [0, 0.1) is 11.3 Å². The molecule has 1 aliphatic carbocycles. The molecule has 0 radical (unpaired) electrons. The van der Waals surface area contributed by atoms with Crippen molar-refractivity contribution in [3.63, 3.8) is 0 Å². The summed E-state index contributed by atoms with van der Waals surface area (Å²) < 4.78 is 0. The van der Waals surface area contributed by atoms with E-state index in [2.05, 4.69) is 35.7 Å². The van der Waals surface area contributed by atoms with Gasteiger partial charge < -0.3 is 10.2 Å². The van der Waals surface area contributed by atoms with Gasteiger partial charge in [0.25, 0.3) is 5.91 Å². The molecule has 2 N–H and O–H groups in total. The average molecular weight is 338 g/mol. The Morgan fingerprint density at radius 1 is 1.25 bits per heavy atom. The van der Waals surface area contributed by atoms with Crippen LogP contribution < -0.4 is 10.2 Å². The van der Waals surface area contributed by atoms with Crippen LogP contribution >= 0.6 is 11.3 Å². The molecule has 4 rings (SSSR count). The second-order valence-electron chi connectivity index (χ2n) is 6.59. The number of carbonyl (C=O) groups is 1. The van der Waals surface area contributed by atoms with Gasteiger partial charge in [0.2, 0.25) is 0 Å². The smallest absolute Gasteiger partial charge is 0.280 e. The van der Waals surface area contributed by atoms with Gasteiger partial charge in [-0.1, -0.05) is 24.3 Å². The first-order valence-electron chi connectivity index (χ1n) is 8.49. The summed E-state index contributed by atoms with van der Waals surface area (Å²) in [6.45, 7) is 2.34. The van der Waals surface area contributed by atoms with Gasteiger partial charge in [-0.2, -0.15) is 5.26 Å². The van der Waals surface area contributed by atoms with E-state index in [9.17, 15) is 10.1 Å². The van der Waals surface area contributed by atoms with Crippen molar-refractivity contribution in [2.45, 2.75) is 32.2 Å². The summed E-state index contributed by atoms with van der Waals surface area (Å²) in [5.74, 6) is 0.0146. The van der Waals surface area contributed by atoms with E-state index < -0.39 is 0 Å². The maximum Gasteiger partial charge on any atom is 0.280 e. The van der Waals surface area contributed by atoms with Gasteiger partial charge in [-0.05, 0) is 30.4 Å². The van der Waals surface area contributed by atoms with Crippen LogP contribution in [-0.4, -0.2) is 19.0 Å². The number of rotatable bonds is 3. The summed E-state index contributed by atoms with van der Waals surface area (Å²) in [6.07, 6.45) is 4.16. The molecule has 24 heavy (non-hydrogen) atoms. The fourth-order valence-corrected chi connectivity index (χ4v) is 5.06. The standard InChI is InChI=1S/C19H19N3OS/c20-10-16-15-6-3-7-17(15)24-19(16)21-18(23)12-22-9-8-13-4-1-2-5-14(13)11-22/h1-2,4-5H,3,6-9,11-12H2,(H,21,23)/p+1. The summed E-state index contributed by atoms with van der Waals surface area (Å²) >= 11 is 1.59. The fraction of sp³-hybridized carbons (Fsp3) is 0.368. The van der Waals surface area contributed by atoms with E-state index in [1.165, 1.54) is 20.9 Å². The van der Waals surface area contributed by atoms with Gasteiger partial charge in [0.15, 0.2) is 6.54 Å². The van der Waals surface area contributed by atoms with E-state index >= 15 is 0 Å². The minimum atomic E-state index is 0.0146. The molecule has 1 aromatic heterocycles. The third kappa shape index (κ3) is 2.83. The topological polar surface area (TPSA) is 57.3 Å². The van der Waals surface area contributed by atoms with Crippen molar-refractivity contribution in [1.82, 2.24) is 0 Å². The molecule has 5 heteroatoms. The van der Waals surface area contributed by atoms with Gasteiger partial charge in [0, 0.05) is 16.9 Å². The number of amides is 1. The summed E-state index contributed by atoms with van der Waals surface area (Å²) in [6, 6.07) is 10.8. The largest absolute Gasteiger partial charge is 0.323 e. The number of fused-ring (bicyclic) bond motifs is 2. The lowest BCUT2D eigenvalue weighted by molar-refractivity contribution is -0.907. The number of carbonyl (C=O) groups excluding carboxylic acids is 1. The maximum atomic E-state index is 12.5. The first-order valence-corrected chi connectivity index (χ1v) is 9.31. The number of aryl methyl sites for hydroxylation is 1. The lowest BCUT2D eigenvalue weighted by atomic mass is 10.00. The Morgan fingerprint density at radius 3 is 2.92 bits per heavy atom. The van der Waals surface area contributed by atoms with Crippen LogP contribution in [0.3, 0.4) is 0 Å². The maximum absolute atomic E-state index is 12.5. The Hall–Kier alpha value is -2.16. The van der Waals surface area contributed by atoms with Crippen molar-refractivity contribution in [2.75, 3.05) is 18.4 Å². The second kappa shape index (κ2) is 6.39. The molecule has 1 atom stereocenters. The molecule has 1 aliphatic heterocycles. The molecule has 2 aromatic rings. The van der Waals surface area contributed by atoms with Crippen molar-refractivity contribution in [3.05, 3.63) is 51.4 Å². The van der Waals surface area contributed by atoms with E-state index in [0.717, 1.165) is 49.3 Å². The Balaban J connectivity index is 1.42. The number of hydrogen-bond donors (Lipinski definition) is 2. The average Bonchev–Trinajstić information content (AvgIpc) is 3.15. The number of nitrogens with one attached hydrogen (secondary N) is 2. The zero-order chi connectivity index (χ0) is 16.5. The van der Waals surface area contributed by atoms with E-state index in [1.54, 1.807) is 11.3 Å². The predicted octanol–water partition coefficient (Wildman–Crippen LogP) is 1.69. The number of thiophene rings is 1. The van der Waals surface area contributed by atoms with Crippen molar-refractivity contribution in [3.8, 4) is 6.07 Å². The van der Waals surface area contributed by atoms with Crippen LogP contribution in [0.4, 0.5) is 5.00 Å². The van der Waals surface area contributed by atoms with Crippen molar-refractivity contribution < 1.29 is 9.69 Å². The van der Waals surface area contributed by atoms with Crippen LogP contribution in [0.5, 0.6) is 0 Å². The molecule has 1 aromatic carbocycles. The molecule has 1 unspecified atom stereocenters. The molecule has 2 aliphatic rings. The van der Waals surface area contributed by atoms with Gasteiger partial charge >= 0.3 is 0 Å². The van der Waals surface area contributed by atoms with Crippen molar-refractivity contribution >= 4 is 22.2 Å².